The molecular weight excluding hydrogens is 496 g/mol. The number of para-hydroxylation sites is 1. The molecule has 0 bridgehead atoms. The maximum Gasteiger partial charge on any atom is 0.322 e. The van der Waals surface area contributed by atoms with Crippen molar-refractivity contribution in [1.29, 1.82) is 0 Å². The summed E-state index contributed by atoms with van der Waals surface area (Å²) in [5, 5.41) is 8.11. The molecule has 1 atom stereocenters. The number of fused-ring (bicyclic) bond motifs is 3. The summed E-state index contributed by atoms with van der Waals surface area (Å²) in [6, 6.07) is 30.4. The second-order valence-electron chi connectivity index (χ2n) is 10.4. The first-order chi connectivity index (χ1) is 19.4. The van der Waals surface area contributed by atoms with E-state index in [0.29, 0.717) is 6.54 Å². The molecule has 0 saturated heterocycles. The number of hydrogen-bond donors (Lipinski definition) is 1. The first-order valence-corrected chi connectivity index (χ1v) is 13.7. The van der Waals surface area contributed by atoms with Crippen LogP contribution >= 0.6 is 0 Å². The highest BCUT2D eigenvalue weighted by atomic mass is 16.2. The summed E-state index contributed by atoms with van der Waals surface area (Å²) in [5.74, 6) is 0.959. The van der Waals surface area contributed by atoms with E-state index in [1.807, 2.05) is 67.0 Å². The maximum atomic E-state index is 14.1. The Hall–Kier alpha value is -4.78. The van der Waals surface area contributed by atoms with Gasteiger partial charge in [-0.2, -0.15) is 5.10 Å². The minimum Gasteiger partial charge on any atom is -0.378 e. The fraction of sp³-hybridized carbons (Fsp3) is 0.212. The first-order valence-electron chi connectivity index (χ1n) is 13.7. The van der Waals surface area contributed by atoms with Crippen LogP contribution < -0.4 is 10.2 Å². The van der Waals surface area contributed by atoms with Crippen molar-refractivity contribution in [2.24, 2.45) is 0 Å². The minimum absolute atomic E-state index is 0.154. The highest BCUT2D eigenvalue weighted by Gasteiger charge is 2.36. The molecule has 1 aliphatic heterocycles. The first kappa shape index (κ1) is 25.5. The van der Waals surface area contributed by atoms with Gasteiger partial charge < -0.3 is 19.7 Å². The van der Waals surface area contributed by atoms with Crippen LogP contribution in [0, 0.1) is 6.92 Å². The van der Waals surface area contributed by atoms with E-state index in [4.69, 9.17) is 5.10 Å². The average molecular weight is 531 g/mol. The number of benzene rings is 3. The summed E-state index contributed by atoms with van der Waals surface area (Å²) >= 11 is 0. The number of amides is 2. The minimum atomic E-state index is -0.308. The molecule has 0 fully saturated rings. The van der Waals surface area contributed by atoms with Crippen LogP contribution in [0.4, 0.5) is 16.2 Å². The number of aryl methyl sites for hydroxylation is 2. The number of nitrogens with one attached hydrogen (secondary N) is 1. The second-order valence-corrected chi connectivity index (χ2v) is 10.4. The van der Waals surface area contributed by atoms with Gasteiger partial charge in [0.25, 0.3) is 0 Å². The SMILES string of the molecule is CCc1ccc(NC(=O)N2Cc3c(C)nn(-c4ccccc4)c3-n3cccc3C2c2ccc(N(C)C)cc2)cc1. The zero-order chi connectivity index (χ0) is 27.8. The van der Waals surface area contributed by atoms with Crippen LogP contribution in [0.1, 0.15) is 41.0 Å². The quantitative estimate of drug-likeness (QED) is 0.274. The molecule has 1 N–H and O–H groups in total. The van der Waals surface area contributed by atoms with Gasteiger partial charge in [0.1, 0.15) is 5.82 Å². The molecule has 0 aliphatic carbocycles. The number of aromatic nitrogens is 3. The molecule has 1 unspecified atom stereocenters. The summed E-state index contributed by atoms with van der Waals surface area (Å²) in [4.78, 5) is 18.1. The van der Waals surface area contributed by atoms with Crippen LogP contribution in [0.25, 0.3) is 11.5 Å². The van der Waals surface area contributed by atoms with Crippen molar-refractivity contribution in [1.82, 2.24) is 19.2 Å². The highest BCUT2D eigenvalue weighted by molar-refractivity contribution is 5.90. The monoisotopic (exact) mass is 530 g/mol. The molecular formula is C33H34N6O. The van der Waals surface area contributed by atoms with E-state index in [0.717, 1.165) is 51.8 Å². The number of rotatable bonds is 5. The van der Waals surface area contributed by atoms with Gasteiger partial charge in [0, 0.05) is 37.2 Å². The molecule has 0 spiro atoms. The Labute approximate surface area is 235 Å². The molecule has 6 rings (SSSR count). The van der Waals surface area contributed by atoms with E-state index in [1.165, 1.54) is 5.56 Å². The third-order valence-corrected chi connectivity index (χ3v) is 7.69. The van der Waals surface area contributed by atoms with Gasteiger partial charge in [-0.3, -0.25) is 0 Å². The summed E-state index contributed by atoms with van der Waals surface area (Å²) in [7, 11) is 4.06. The molecule has 7 nitrogen and oxygen atoms in total. The lowest BCUT2D eigenvalue weighted by Crippen LogP contribution is -2.38. The van der Waals surface area contributed by atoms with E-state index in [1.54, 1.807) is 0 Å². The average Bonchev–Trinajstić information content (AvgIpc) is 3.54. The summed E-state index contributed by atoms with van der Waals surface area (Å²) in [5.41, 5.74) is 8.07. The summed E-state index contributed by atoms with van der Waals surface area (Å²) in [6.07, 6.45) is 3.02. The summed E-state index contributed by atoms with van der Waals surface area (Å²) < 4.78 is 4.18. The number of carbonyl (C=O) groups excluding carboxylic acids is 1. The Balaban J connectivity index is 1.50. The fourth-order valence-corrected chi connectivity index (χ4v) is 5.47. The molecule has 5 aromatic rings. The number of carbonyl (C=O) groups is 1. The van der Waals surface area contributed by atoms with E-state index >= 15 is 0 Å². The van der Waals surface area contributed by atoms with Gasteiger partial charge in [-0.15, -0.1) is 0 Å². The van der Waals surface area contributed by atoms with Crippen LogP contribution in [0.3, 0.4) is 0 Å². The predicted molar refractivity (Wildman–Crippen MR) is 161 cm³/mol. The molecule has 0 radical (unpaired) electrons. The van der Waals surface area contributed by atoms with Gasteiger partial charge in [-0.1, -0.05) is 49.4 Å². The Morgan fingerprint density at radius 1 is 0.950 bits per heavy atom. The maximum absolute atomic E-state index is 14.1. The summed E-state index contributed by atoms with van der Waals surface area (Å²) in [6.45, 7) is 4.56. The number of nitrogens with zero attached hydrogens (tertiary/aromatic N) is 5. The smallest absolute Gasteiger partial charge is 0.322 e. The lowest BCUT2D eigenvalue weighted by Gasteiger charge is -2.31. The van der Waals surface area contributed by atoms with Gasteiger partial charge in [-0.25, -0.2) is 9.48 Å². The van der Waals surface area contributed by atoms with E-state index in [2.05, 4.69) is 82.5 Å². The lowest BCUT2D eigenvalue weighted by atomic mass is 10.0. The largest absolute Gasteiger partial charge is 0.378 e. The number of anilines is 2. The van der Waals surface area contributed by atoms with Crippen molar-refractivity contribution in [3.63, 3.8) is 0 Å². The van der Waals surface area contributed by atoms with E-state index in [-0.39, 0.29) is 12.1 Å². The highest BCUT2D eigenvalue weighted by Crippen LogP contribution is 2.39. The fourth-order valence-electron chi connectivity index (χ4n) is 5.47. The van der Waals surface area contributed by atoms with Crippen molar-refractivity contribution < 1.29 is 4.79 Å². The van der Waals surface area contributed by atoms with Crippen LogP contribution in [-0.4, -0.2) is 39.4 Å². The molecule has 2 amide bonds. The predicted octanol–water partition coefficient (Wildman–Crippen LogP) is 6.74. The van der Waals surface area contributed by atoms with Crippen molar-refractivity contribution >= 4 is 17.4 Å². The Kier molecular flexibility index (Phi) is 6.64. The molecule has 202 valence electrons. The molecule has 40 heavy (non-hydrogen) atoms. The normalized spacial score (nSPS) is 14.3. The second kappa shape index (κ2) is 10.4. The molecule has 3 heterocycles. The van der Waals surface area contributed by atoms with Crippen molar-refractivity contribution in [2.45, 2.75) is 32.9 Å². The number of hydrogen-bond acceptors (Lipinski definition) is 3. The van der Waals surface area contributed by atoms with Gasteiger partial charge in [0.2, 0.25) is 0 Å². The standard InChI is InChI=1S/C33H34N6O/c1-5-24-13-17-26(18-14-24)34-33(40)38-22-29-23(2)35-39(28-10-7-6-8-11-28)32(29)37-21-9-12-30(37)31(38)25-15-19-27(20-16-25)36(3)4/h6-21,31H,5,22H2,1-4H3,(H,34,40). The zero-order valence-corrected chi connectivity index (χ0v) is 23.4. The van der Waals surface area contributed by atoms with Crippen LogP contribution in [-0.2, 0) is 13.0 Å². The van der Waals surface area contributed by atoms with Crippen molar-refractivity contribution in [3.8, 4) is 11.5 Å². The Bertz CT molecular complexity index is 1630. The van der Waals surface area contributed by atoms with Gasteiger partial charge in [-0.05, 0) is 73.0 Å². The lowest BCUT2D eigenvalue weighted by molar-refractivity contribution is 0.194. The molecule has 2 aromatic heterocycles. The third-order valence-electron chi connectivity index (χ3n) is 7.69. The molecule has 7 heteroatoms. The zero-order valence-electron chi connectivity index (χ0n) is 23.4. The van der Waals surface area contributed by atoms with Crippen LogP contribution in [0.5, 0.6) is 0 Å². The number of urea groups is 1. The Morgan fingerprint density at radius 3 is 2.35 bits per heavy atom. The van der Waals surface area contributed by atoms with Gasteiger partial charge in [0.15, 0.2) is 0 Å². The van der Waals surface area contributed by atoms with E-state index < -0.39 is 0 Å². The van der Waals surface area contributed by atoms with E-state index in [9.17, 15) is 4.79 Å². The third kappa shape index (κ3) is 4.53. The van der Waals surface area contributed by atoms with Crippen molar-refractivity contribution in [3.05, 3.63) is 125 Å². The van der Waals surface area contributed by atoms with Gasteiger partial charge in [0.05, 0.1) is 29.7 Å². The molecule has 0 saturated carbocycles. The van der Waals surface area contributed by atoms with Crippen LogP contribution in [0.2, 0.25) is 0 Å². The Morgan fingerprint density at radius 2 is 1.68 bits per heavy atom. The molecule has 3 aromatic carbocycles. The van der Waals surface area contributed by atoms with Crippen LogP contribution in [0.15, 0.2) is 97.2 Å². The topological polar surface area (TPSA) is 58.3 Å². The van der Waals surface area contributed by atoms with Crippen molar-refractivity contribution in [2.75, 3.05) is 24.3 Å². The molecule has 1 aliphatic rings. The van der Waals surface area contributed by atoms with Gasteiger partial charge >= 0.3 is 6.03 Å².